The van der Waals surface area contributed by atoms with Crippen LogP contribution in [-0.2, 0) is 13.0 Å². The predicted molar refractivity (Wildman–Crippen MR) is 107 cm³/mol. The van der Waals surface area contributed by atoms with Gasteiger partial charge >= 0.3 is 0 Å². The summed E-state index contributed by atoms with van der Waals surface area (Å²) in [5.74, 6) is -0.206. The highest BCUT2D eigenvalue weighted by Gasteiger charge is 2.19. The molecule has 0 spiro atoms. The number of hydrogen-bond acceptors (Lipinski definition) is 3. The second-order valence-corrected chi connectivity index (χ2v) is 7.22. The molecule has 1 atom stereocenters. The quantitative estimate of drug-likeness (QED) is 0.751. The first-order valence-corrected chi connectivity index (χ1v) is 9.32. The lowest BCUT2D eigenvalue weighted by molar-refractivity contribution is 0.0928. The van der Waals surface area contributed by atoms with Crippen LogP contribution in [0.4, 0.5) is 0 Å². The molecular weight excluding hydrogens is 338 g/mol. The molecule has 0 unspecified atom stereocenters. The molecule has 0 fully saturated rings. The molecule has 138 valence electrons. The molecule has 5 nitrogen and oxygen atoms in total. The Hall–Kier alpha value is -2.92. The standard InChI is InChI=1S/C22H23N3O2/c1-15(13-25-11-10-16-6-2-3-7-17(16)14-25)23-22(27)19-12-21(26)24-20-9-5-4-8-18(19)20/h2-9,12,15H,10-11,13-14H2,1H3,(H,23,27)(H,24,26)/t15-/m0/s1. The average molecular weight is 361 g/mol. The minimum absolute atomic E-state index is 0.0131. The van der Waals surface area contributed by atoms with Gasteiger partial charge in [-0.3, -0.25) is 14.5 Å². The highest BCUT2D eigenvalue weighted by Crippen LogP contribution is 2.19. The van der Waals surface area contributed by atoms with Crippen molar-refractivity contribution in [3.8, 4) is 0 Å². The fraction of sp³-hybridized carbons (Fsp3) is 0.273. The van der Waals surface area contributed by atoms with Gasteiger partial charge in [0.25, 0.3) is 5.91 Å². The number of pyridine rings is 1. The summed E-state index contributed by atoms with van der Waals surface area (Å²) in [6.07, 6.45) is 1.04. The third kappa shape index (κ3) is 3.78. The minimum atomic E-state index is -0.265. The third-order valence-electron chi connectivity index (χ3n) is 5.11. The Morgan fingerprint density at radius 1 is 1.15 bits per heavy atom. The van der Waals surface area contributed by atoms with Gasteiger partial charge in [-0.25, -0.2) is 0 Å². The van der Waals surface area contributed by atoms with E-state index in [-0.39, 0.29) is 17.5 Å². The van der Waals surface area contributed by atoms with Crippen molar-refractivity contribution < 1.29 is 4.79 Å². The summed E-state index contributed by atoms with van der Waals surface area (Å²) >= 11 is 0. The van der Waals surface area contributed by atoms with Crippen LogP contribution in [0.1, 0.15) is 28.4 Å². The zero-order valence-electron chi connectivity index (χ0n) is 15.4. The van der Waals surface area contributed by atoms with Crippen LogP contribution in [-0.4, -0.2) is 34.9 Å². The number of H-pyrrole nitrogens is 1. The van der Waals surface area contributed by atoms with Gasteiger partial charge in [0.1, 0.15) is 0 Å². The Balaban J connectivity index is 1.45. The van der Waals surface area contributed by atoms with Gasteiger partial charge in [0.2, 0.25) is 5.56 Å². The molecule has 1 amide bonds. The van der Waals surface area contributed by atoms with E-state index in [4.69, 9.17) is 0 Å². The van der Waals surface area contributed by atoms with Gasteiger partial charge in [-0.2, -0.15) is 0 Å². The van der Waals surface area contributed by atoms with E-state index in [0.29, 0.717) is 11.1 Å². The van der Waals surface area contributed by atoms with E-state index < -0.39 is 0 Å². The summed E-state index contributed by atoms with van der Waals surface area (Å²) in [6, 6.07) is 17.3. The van der Waals surface area contributed by atoms with Crippen LogP contribution >= 0.6 is 0 Å². The maximum atomic E-state index is 12.8. The molecular formula is C22H23N3O2. The van der Waals surface area contributed by atoms with Gasteiger partial charge in [-0.05, 0) is 30.5 Å². The fourth-order valence-electron chi connectivity index (χ4n) is 3.84. The lowest BCUT2D eigenvalue weighted by atomic mass is 9.99. The summed E-state index contributed by atoms with van der Waals surface area (Å²) in [5.41, 5.74) is 3.61. The number of amides is 1. The molecule has 2 heterocycles. The van der Waals surface area contributed by atoms with E-state index in [1.807, 2.05) is 31.2 Å². The molecule has 27 heavy (non-hydrogen) atoms. The van der Waals surface area contributed by atoms with Crippen LogP contribution in [0.25, 0.3) is 10.9 Å². The average Bonchev–Trinajstić information content (AvgIpc) is 2.67. The van der Waals surface area contributed by atoms with E-state index in [1.165, 1.54) is 17.2 Å². The number of nitrogens with one attached hydrogen (secondary N) is 2. The van der Waals surface area contributed by atoms with Crippen LogP contribution in [0, 0.1) is 0 Å². The summed E-state index contributed by atoms with van der Waals surface area (Å²) < 4.78 is 0. The van der Waals surface area contributed by atoms with Gasteiger partial charge in [0.15, 0.2) is 0 Å². The second-order valence-electron chi connectivity index (χ2n) is 7.22. The molecule has 0 aliphatic carbocycles. The smallest absolute Gasteiger partial charge is 0.252 e. The van der Waals surface area contributed by atoms with Crippen molar-refractivity contribution in [2.45, 2.75) is 25.9 Å². The first-order valence-electron chi connectivity index (χ1n) is 9.32. The highest BCUT2D eigenvalue weighted by molar-refractivity contribution is 6.06. The Morgan fingerprint density at radius 3 is 2.74 bits per heavy atom. The highest BCUT2D eigenvalue weighted by atomic mass is 16.2. The molecule has 5 heteroatoms. The predicted octanol–water partition coefficient (Wildman–Crippen LogP) is 2.70. The molecule has 1 aromatic heterocycles. The molecule has 0 saturated heterocycles. The van der Waals surface area contributed by atoms with Crippen molar-refractivity contribution in [2.24, 2.45) is 0 Å². The SMILES string of the molecule is C[C@@H](CN1CCc2ccccc2C1)NC(=O)c1cc(=O)[nH]c2ccccc12. The number of aromatic amines is 1. The lowest BCUT2D eigenvalue weighted by Gasteiger charge is -2.31. The number of rotatable bonds is 4. The van der Waals surface area contributed by atoms with E-state index in [2.05, 4.69) is 39.5 Å². The van der Waals surface area contributed by atoms with Crippen molar-refractivity contribution >= 4 is 16.8 Å². The van der Waals surface area contributed by atoms with Crippen LogP contribution < -0.4 is 10.9 Å². The van der Waals surface area contributed by atoms with Crippen molar-refractivity contribution in [3.05, 3.63) is 81.6 Å². The third-order valence-corrected chi connectivity index (χ3v) is 5.11. The number of carbonyl (C=O) groups is 1. The van der Waals surface area contributed by atoms with E-state index >= 15 is 0 Å². The van der Waals surface area contributed by atoms with Gasteiger partial charge in [-0.15, -0.1) is 0 Å². The van der Waals surface area contributed by atoms with Gasteiger partial charge < -0.3 is 10.3 Å². The number of para-hydroxylation sites is 1. The number of hydrogen-bond donors (Lipinski definition) is 2. The molecule has 3 aromatic rings. The van der Waals surface area contributed by atoms with Crippen molar-refractivity contribution in [1.29, 1.82) is 0 Å². The Kier molecular flexibility index (Phi) is 4.77. The van der Waals surface area contributed by atoms with E-state index in [1.54, 1.807) is 0 Å². The van der Waals surface area contributed by atoms with E-state index in [0.717, 1.165) is 31.4 Å². The summed E-state index contributed by atoms with van der Waals surface area (Å²) in [4.78, 5) is 29.8. The monoisotopic (exact) mass is 361 g/mol. The maximum Gasteiger partial charge on any atom is 0.252 e. The van der Waals surface area contributed by atoms with Gasteiger partial charge in [0.05, 0.1) is 5.56 Å². The Morgan fingerprint density at radius 2 is 1.89 bits per heavy atom. The van der Waals surface area contributed by atoms with Gasteiger partial charge in [0, 0.05) is 42.6 Å². The molecule has 2 N–H and O–H groups in total. The Bertz CT molecular complexity index is 1040. The molecule has 1 aliphatic rings. The second kappa shape index (κ2) is 7.37. The first-order chi connectivity index (χ1) is 13.1. The number of nitrogens with zero attached hydrogens (tertiary/aromatic N) is 1. The molecule has 0 saturated carbocycles. The number of fused-ring (bicyclic) bond motifs is 2. The van der Waals surface area contributed by atoms with Crippen LogP contribution in [0.2, 0.25) is 0 Å². The topological polar surface area (TPSA) is 65.2 Å². The lowest BCUT2D eigenvalue weighted by Crippen LogP contribution is -2.43. The van der Waals surface area contributed by atoms with Gasteiger partial charge in [-0.1, -0.05) is 42.5 Å². The number of aromatic nitrogens is 1. The molecule has 0 radical (unpaired) electrons. The van der Waals surface area contributed by atoms with Crippen molar-refractivity contribution in [3.63, 3.8) is 0 Å². The molecule has 2 aromatic carbocycles. The summed E-state index contributed by atoms with van der Waals surface area (Å²) in [5, 5.41) is 3.81. The van der Waals surface area contributed by atoms with Crippen molar-refractivity contribution in [2.75, 3.05) is 13.1 Å². The molecule has 1 aliphatic heterocycles. The minimum Gasteiger partial charge on any atom is -0.348 e. The summed E-state index contributed by atoms with van der Waals surface area (Å²) in [6.45, 7) is 4.68. The molecule has 0 bridgehead atoms. The van der Waals surface area contributed by atoms with E-state index in [9.17, 15) is 9.59 Å². The Labute approximate surface area is 158 Å². The zero-order valence-corrected chi connectivity index (χ0v) is 15.4. The van der Waals surface area contributed by atoms with Crippen LogP contribution in [0.5, 0.6) is 0 Å². The first kappa shape index (κ1) is 17.5. The fourth-order valence-corrected chi connectivity index (χ4v) is 3.84. The number of carbonyl (C=O) groups excluding carboxylic acids is 1. The zero-order chi connectivity index (χ0) is 18.8. The maximum absolute atomic E-state index is 12.8. The summed E-state index contributed by atoms with van der Waals surface area (Å²) in [7, 11) is 0. The normalized spacial score (nSPS) is 15.3. The molecule has 4 rings (SSSR count). The van der Waals surface area contributed by atoms with Crippen LogP contribution in [0.3, 0.4) is 0 Å². The van der Waals surface area contributed by atoms with Crippen LogP contribution in [0.15, 0.2) is 59.4 Å². The van der Waals surface area contributed by atoms with Crippen molar-refractivity contribution in [1.82, 2.24) is 15.2 Å². The number of benzene rings is 2. The largest absolute Gasteiger partial charge is 0.348 e.